The van der Waals surface area contributed by atoms with Crippen molar-refractivity contribution in [1.82, 2.24) is 19.3 Å². The average Bonchev–Trinajstić information content (AvgIpc) is 3.09. The van der Waals surface area contributed by atoms with Crippen LogP contribution in [0.4, 0.5) is 5.82 Å². The Kier molecular flexibility index (Phi) is 3.73. The standard InChI is InChI=1S/C16H19N5/c1-2-8-21-11-14(9-19-21)15-16(17)20(12-18-15)10-13-6-4-3-5-7-13/h3-7,9,11-12H,2,8,10,17H2,1H3. The van der Waals surface area contributed by atoms with Gasteiger partial charge in [0, 0.05) is 18.3 Å². The predicted octanol–water partition coefficient (Wildman–Crippen LogP) is 2.79. The fourth-order valence-electron chi connectivity index (χ4n) is 2.36. The van der Waals surface area contributed by atoms with Crippen LogP contribution in [0.5, 0.6) is 0 Å². The van der Waals surface area contributed by atoms with E-state index in [1.807, 2.05) is 39.8 Å². The summed E-state index contributed by atoms with van der Waals surface area (Å²) in [6, 6.07) is 10.2. The Labute approximate surface area is 124 Å². The van der Waals surface area contributed by atoms with Crippen LogP contribution in [0.3, 0.4) is 0 Å². The molecular weight excluding hydrogens is 262 g/mol. The largest absolute Gasteiger partial charge is 0.383 e. The number of rotatable bonds is 5. The molecule has 21 heavy (non-hydrogen) atoms. The van der Waals surface area contributed by atoms with E-state index in [0.29, 0.717) is 5.82 Å². The summed E-state index contributed by atoms with van der Waals surface area (Å²) in [7, 11) is 0. The molecule has 0 spiro atoms. The number of anilines is 1. The van der Waals surface area contributed by atoms with Gasteiger partial charge in [-0.3, -0.25) is 4.68 Å². The minimum absolute atomic E-state index is 0.676. The zero-order valence-corrected chi connectivity index (χ0v) is 12.1. The van der Waals surface area contributed by atoms with Crippen molar-refractivity contribution in [3.05, 3.63) is 54.6 Å². The number of nitrogen functional groups attached to an aromatic ring is 1. The Bertz CT molecular complexity index is 711. The smallest absolute Gasteiger partial charge is 0.131 e. The lowest BCUT2D eigenvalue weighted by Crippen LogP contribution is -2.03. The van der Waals surface area contributed by atoms with Crippen molar-refractivity contribution in [2.45, 2.75) is 26.4 Å². The van der Waals surface area contributed by atoms with Crippen LogP contribution in [-0.2, 0) is 13.1 Å². The third-order valence-corrected chi connectivity index (χ3v) is 3.43. The third kappa shape index (κ3) is 2.81. The fraction of sp³-hybridized carbons (Fsp3) is 0.250. The van der Waals surface area contributed by atoms with Crippen LogP contribution < -0.4 is 5.73 Å². The summed E-state index contributed by atoms with van der Waals surface area (Å²) in [6.07, 6.45) is 6.66. The molecule has 0 aliphatic heterocycles. The van der Waals surface area contributed by atoms with E-state index in [0.717, 1.165) is 30.8 Å². The maximum atomic E-state index is 6.23. The van der Waals surface area contributed by atoms with E-state index in [-0.39, 0.29) is 0 Å². The first-order valence-corrected chi connectivity index (χ1v) is 7.15. The van der Waals surface area contributed by atoms with Gasteiger partial charge in [0.25, 0.3) is 0 Å². The van der Waals surface area contributed by atoms with E-state index in [2.05, 4.69) is 29.1 Å². The van der Waals surface area contributed by atoms with Gasteiger partial charge in [0.2, 0.25) is 0 Å². The number of nitrogens with two attached hydrogens (primary N) is 1. The Morgan fingerprint density at radius 2 is 2.00 bits per heavy atom. The van der Waals surface area contributed by atoms with Gasteiger partial charge >= 0.3 is 0 Å². The molecule has 0 amide bonds. The second-order valence-corrected chi connectivity index (χ2v) is 5.08. The monoisotopic (exact) mass is 281 g/mol. The van der Waals surface area contributed by atoms with Crippen LogP contribution in [0, 0.1) is 0 Å². The first-order chi connectivity index (χ1) is 10.3. The molecule has 2 heterocycles. The molecule has 5 heteroatoms. The van der Waals surface area contributed by atoms with Crippen molar-refractivity contribution in [3.8, 4) is 11.3 Å². The van der Waals surface area contributed by atoms with Crippen LogP contribution in [0.15, 0.2) is 49.1 Å². The minimum Gasteiger partial charge on any atom is -0.383 e. The summed E-state index contributed by atoms with van der Waals surface area (Å²) in [5.74, 6) is 0.676. The van der Waals surface area contributed by atoms with Gasteiger partial charge in [-0.25, -0.2) is 4.98 Å². The van der Waals surface area contributed by atoms with Crippen LogP contribution in [-0.4, -0.2) is 19.3 Å². The van der Waals surface area contributed by atoms with Crippen LogP contribution >= 0.6 is 0 Å². The summed E-state index contributed by atoms with van der Waals surface area (Å²) < 4.78 is 3.88. The zero-order chi connectivity index (χ0) is 14.7. The first-order valence-electron chi connectivity index (χ1n) is 7.15. The molecule has 0 fully saturated rings. The molecule has 3 aromatic rings. The van der Waals surface area contributed by atoms with Crippen LogP contribution in [0.2, 0.25) is 0 Å². The molecule has 108 valence electrons. The molecule has 3 rings (SSSR count). The molecule has 1 aromatic carbocycles. The maximum Gasteiger partial charge on any atom is 0.131 e. The maximum absolute atomic E-state index is 6.23. The lowest BCUT2D eigenvalue weighted by Gasteiger charge is -2.05. The number of imidazole rings is 1. The molecular formula is C16H19N5. The highest BCUT2D eigenvalue weighted by atomic mass is 15.3. The number of hydrogen-bond acceptors (Lipinski definition) is 3. The van der Waals surface area contributed by atoms with Gasteiger partial charge in [-0.15, -0.1) is 0 Å². The molecule has 0 aliphatic rings. The number of nitrogens with zero attached hydrogens (tertiary/aromatic N) is 4. The van der Waals surface area contributed by atoms with Gasteiger partial charge in [0.15, 0.2) is 0 Å². The minimum atomic E-state index is 0.676. The normalized spacial score (nSPS) is 10.9. The highest BCUT2D eigenvalue weighted by Gasteiger charge is 2.12. The molecule has 0 bridgehead atoms. The molecule has 0 saturated carbocycles. The number of hydrogen-bond donors (Lipinski definition) is 1. The average molecular weight is 281 g/mol. The molecule has 5 nitrogen and oxygen atoms in total. The highest BCUT2D eigenvalue weighted by Crippen LogP contribution is 2.24. The van der Waals surface area contributed by atoms with Crippen molar-refractivity contribution in [2.24, 2.45) is 0 Å². The topological polar surface area (TPSA) is 61.7 Å². The summed E-state index contributed by atoms with van der Waals surface area (Å²) in [4.78, 5) is 4.44. The van der Waals surface area contributed by atoms with Crippen molar-refractivity contribution in [1.29, 1.82) is 0 Å². The van der Waals surface area contributed by atoms with Crippen molar-refractivity contribution < 1.29 is 0 Å². The summed E-state index contributed by atoms with van der Waals surface area (Å²) in [5, 5.41) is 4.33. The zero-order valence-electron chi connectivity index (χ0n) is 12.1. The Morgan fingerprint density at radius 1 is 1.19 bits per heavy atom. The number of aryl methyl sites for hydroxylation is 1. The van der Waals surface area contributed by atoms with E-state index in [4.69, 9.17) is 5.73 Å². The quantitative estimate of drug-likeness (QED) is 0.782. The second kappa shape index (κ2) is 5.83. The summed E-state index contributed by atoms with van der Waals surface area (Å²) in [6.45, 7) is 3.76. The Morgan fingerprint density at radius 3 is 2.76 bits per heavy atom. The summed E-state index contributed by atoms with van der Waals surface area (Å²) in [5.41, 5.74) is 9.20. The van der Waals surface area contributed by atoms with E-state index < -0.39 is 0 Å². The second-order valence-electron chi connectivity index (χ2n) is 5.08. The summed E-state index contributed by atoms with van der Waals surface area (Å²) >= 11 is 0. The van der Waals surface area contributed by atoms with Gasteiger partial charge in [-0.05, 0) is 12.0 Å². The lowest BCUT2D eigenvalue weighted by atomic mass is 10.2. The van der Waals surface area contributed by atoms with Gasteiger partial charge < -0.3 is 10.3 Å². The number of benzene rings is 1. The third-order valence-electron chi connectivity index (χ3n) is 3.43. The van der Waals surface area contributed by atoms with Crippen LogP contribution in [0.1, 0.15) is 18.9 Å². The van der Waals surface area contributed by atoms with Gasteiger partial charge in [0.05, 0.1) is 19.1 Å². The molecule has 2 aromatic heterocycles. The van der Waals surface area contributed by atoms with Gasteiger partial charge in [-0.1, -0.05) is 37.3 Å². The highest BCUT2D eigenvalue weighted by molar-refractivity contribution is 5.69. The van der Waals surface area contributed by atoms with Crippen molar-refractivity contribution in [3.63, 3.8) is 0 Å². The molecule has 0 unspecified atom stereocenters. The van der Waals surface area contributed by atoms with Crippen LogP contribution in [0.25, 0.3) is 11.3 Å². The van der Waals surface area contributed by atoms with E-state index in [9.17, 15) is 0 Å². The van der Waals surface area contributed by atoms with Crippen molar-refractivity contribution >= 4 is 5.82 Å². The number of aromatic nitrogens is 4. The molecule has 0 atom stereocenters. The Hall–Kier alpha value is -2.56. The fourth-order valence-corrected chi connectivity index (χ4v) is 2.36. The van der Waals surface area contributed by atoms with Gasteiger partial charge in [0.1, 0.15) is 11.5 Å². The molecule has 0 saturated heterocycles. The van der Waals surface area contributed by atoms with E-state index in [1.54, 1.807) is 6.33 Å². The van der Waals surface area contributed by atoms with Gasteiger partial charge in [-0.2, -0.15) is 5.10 Å². The first kappa shape index (κ1) is 13.4. The molecule has 2 N–H and O–H groups in total. The predicted molar refractivity (Wildman–Crippen MR) is 83.7 cm³/mol. The Balaban J connectivity index is 1.84. The lowest BCUT2D eigenvalue weighted by molar-refractivity contribution is 0.603. The molecule has 0 radical (unpaired) electrons. The van der Waals surface area contributed by atoms with E-state index >= 15 is 0 Å². The van der Waals surface area contributed by atoms with Crippen molar-refractivity contribution in [2.75, 3.05) is 5.73 Å². The SMILES string of the molecule is CCCn1cc(-c2ncn(Cc3ccccc3)c2N)cn1. The molecule has 0 aliphatic carbocycles. The van der Waals surface area contributed by atoms with E-state index in [1.165, 1.54) is 5.56 Å².